The first kappa shape index (κ1) is 24.4. The minimum Gasteiger partial charge on any atom is -0.370 e. The van der Waals surface area contributed by atoms with E-state index in [0.717, 1.165) is 12.5 Å². The number of nitrogens with two attached hydrogens (primary N) is 1. The highest BCUT2D eigenvalue weighted by molar-refractivity contribution is 7.91. The zero-order valence-electron chi connectivity index (χ0n) is 17.7. The average molecular weight is 466 g/mol. The summed E-state index contributed by atoms with van der Waals surface area (Å²) in [5, 5.41) is 18.4. The van der Waals surface area contributed by atoms with E-state index in [-0.39, 0.29) is 15.8 Å². The van der Waals surface area contributed by atoms with Crippen LogP contribution in [0.15, 0.2) is 58.3 Å². The lowest BCUT2D eigenvalue weighted by atomic mass is 10.0. The molecule has 0 bridgehead atoms. The predicted molar refractivity (Wildman–Crippen MR) is 121 cm³/mol. The van der Waals surface area contributed by atoms with Crippen LogP contribution in [0.5, 0.6) is 0 Å². The SMILES string of the molecule is CC(c1ccc(S(C)(=O)=O)cc1)N(C(=N)NC(=N)N)C(C)c1ccccc1S(C)(=O)=O. The molecule has 2 aromatic rings. The molecule has 11 heteroatoms. The van der Waals surface area contributed by atoms with E-state index in [9.17, 15) is 16.8 Å². The first-order valence-electron chi connectivity index (χ1n) is 9.30. The number of hydrogen-bond donors (Lipinski definition) is 4. The maximum absolute atomic E-state index is 12.3. The van der Waals surface area contributed by atoms with E-state index in [4.69, 9.17) is 16.6 Å². The second-order valence-electron chi connectivity index (χ2n) is 7.30. The van der Waals surface area contributed by atoms with E-state index in [1.54, 1.807) is 49.1 Å². The van der Waals surface area contributed by atoms with Crippen LogP contribution in [0.25, 0.3) is 0 Å². The first-order chi connectivity index (χ1) is 14.2. The maximum atomic E-state index is 12.3. The molecule has 9 nitrogen and oxygen atoms in total. The van der Waals surface area contributed by atoms with E-state index in [0.29, 0.717) is 11.1 Å². The van der Waals surface area contributed by atoms with Gasteiger partial charge in [-0.25, -0.2) is 16.8 Å². The van der Waals surface area contributed by atoms with Gasteiger partial charge in [-0.2, -0.15) is 0 Å². The molecule has 5 N–H and O–H groups in total. The highest BCUT2D eigenvalue weighted by Crippen LogP contribution is 2.33. The standard InChI is InChI=1S/C20H27N5O4S2/c1-13(15-9-11-16(12-10-15)30(3,26)27)25(20(23)24-19(21)22)14(2)17-7-5-6-8-18(17)31(4,28)29/h5-14H,1-4H3,(H5,21,22,23,24). The smallest absolute Gasteiger partial charge is 0.198 e. The molecule has 0 heterocycles. The van der Waals surface area contributed by atoms with Crippen molar-refractivity contribution in [1.82, 2.24) is 10.2 Å². The second kappa shape index (κ2) is 9.06. The molecule has 2 rings (SSSR count). The largest absolute Gasteiger partial charge is 0.370 e. The quantitative estimate of drug-likeness (QED) is 0.375. The van der Waals surface area contributed by atoms with Gasteiger partial charge in [-0.05, 0) is 43.2 Å². The Morgan fingerprint density at radius 3 is 1.94 bits per heavy atom. The van der Waals surface area contributed by atoms with Crippen LogP contribution in [0, 0.1) is 10.8 Å². The second-order valence-corrected chi connectivity index (χ2v) is 11.3. The molecule has 0 radical (unpaired) electrons. The number of nitrogens with one attached hydrogen (secondary N) is 3. The molecule has 2 aromatic carbocycles. The molecule has 2 atom stereocenters. The Kier molecular flexibility index (Phi) is 7.12. The number of sulfone groups is 2. The van der Waals surface area contributed by atoms with Gasteiger partial charge in [-0.3, -0.25) is 16.1 Å². The van der Waals surface area contributed by atoms with Crippen LogP contribution in [0.1, 0.15) is 37.1 Å². The number of benzene rings is 2. The molecule has 0 spiro atoms. The van der Waals surface area contributed by atoms with Gasteiger partial charge in [0.25, 0.3) is 0 Å². The Hall–Kier alpha value is -2.92. The number of hydrogen-bond acceptors (Lipinski definition) is 6. The molecule has 0 aromatic heterocycles. The number of rotatable bonds is 6. The van der Waals surface area contributed by atoms with Crippen molar-refractivity contribution in [2.24, 2.45) is 5.73 Å². The van der Waals surface area contributed by atoms with Crippen molar-refractivity contribution in [2.45, 2.75) is 35.7 Å². The van der Waals surface area contributed by atoms with Gasteiger partial charge in [0.1, 0.15) is 0 Å². The Morgan fingerprint density at radius 1 is 0.903 bits per heavy atom. The minimum absolute atomic E-state index is 0.141. The van der Waals surface area contributed by atoms with E-state index in [2.05, 4.69) is 5.32 Å². The van der Waals surface area contributed by atoms with Gasteiger partial charge in [0.2, 0.25) is 0 Å². The van der Waals surface area contributed by atoms with Gasteiger partial charge in [-0.1, -0.05) is 30.3 Å². The molecule has 0 saturated heterocycles. The minimum atomic E-state index is -3.52. The first-order valence-corrected chi connectivity index (χ1v) is 13.1. The van der Waals surface area contributed by atoms with Crippen molar-refractivity contribution in [3.8, 4) is 0 Å². The molecular weight excluding hydrogens is 438 g/mol. The summed E-state index contributed by atoms with van der Waals surface area (Å²) in [5.74, 6) is -0.624. The Morgan fingerprint density at radius 2 is 1.45 bits per heavy atom. The zero-order valence-corrected chi connectivity index (χ0v) is 19.4. The van der Waals surface area contributed by atoms with Crippen molar-refractivity contribution in [1.29, 1.82) is 10.8 Å². The van der Waals surface area contributed by atoms with Gasteiger partial charge in [0.05, 0.1) is 21.9 Å². The van der Waals surface area contributed by atoms with Crippen LogP contribution < -0.4 is 11.1 Å². The Bertz CT molecular complexity index is 1190. The summed E-state index contributed by atoms with van der Waals surface area (Å²) >= 11 is 0. The monoisotopic (exact) mass is 465 g/mol. The normalized spacial score (nSPS) is 13.8. The summed E-state index contributed by atoms with van der Waals surface area (Å²) in [5.41, 5.74) is 6.60. The van der Waals surface area contributed by atoms with Gasteiger partial charge in [-0.15, -0.1) is 0 Å². The van der Waals surface area contributed by atoms with Crippen molar-refractivity contribution < 1.29 is 16.8 Å². The highest BCUT2D eigenvalue weighted by Gasteiger charge is 2.29. The molecule has 2 unspecified atom stereocenters. The number of guanidine groups is 2. The lowest BCUT2D eigenvalue weighted by molar-refractivity contribution is 0.257. The van der Waals surface area contributed by atoms with Crippen LogP contribution in [0.3, 0.4) is 0 Å². The molecule has 31 heavy (non-hydrogen) atoms. The summed E-state index contributed by atoms with van der Waals surface area (Å²) in [4.78, 5) is 1.89. The summed E-state index contributed by atoms with van der Waals surface area (Å²) in [6.45, 7) is 3.55. The van der Waals surface area contributed by atoms with Crippen LogP contribution in [0.2, 0.25) is 0 Å². The summed E-state index contributed by atoms with van der Waals surface area (Å²) in [6, 6.07) is 11.7. The van der Waals surface area contributed by atoms with Crippen LogP contribution >= 0.6 is 0 Å². The lowest BCUT2D eigenvalue weighted by Crippen LogP contribution is -2.48. The van der Waals surface area contributed by atoms with E-state index < -0.39 is 37.7 Å². The fourth-order valence-electron chi connectivity index (χ4n) is 3.38. The molecule has 0 saturated carbocycles. The highest BCUT2D eigenvalue weighted by atomic mass is 32.2. The van der Waals surface area contributed by atoms with E-state index >= 15 is 0 Å². The van der Waals surface area contributed by atoms with Crippen molar-refractivity contribution >= 4 is 31.6 Å². The molecule has 0 aliphatic heterocycles. The van der Waals surface area contributed by atoms with Crippen molar-refractivity contribution in [3.63, 3.8) is 0 Å². The topological polar surface area (TPSA) is 157 Å². The maximum Gasteiger partial charge on any atom is 0.198 e. The molecule has 168 valence electrons. The van der Waals surface area contributed by atoms with Crippen molar-refractivity contribution in [3.05, 3.63) is 59.7 Å². The van der Waals surface area contributed by atoms with Crippen LogP contribution in [-0.2, 0) is 19.7 Å². The Labute approximate surface area is 183 Å². The van der Waals surface area contributed by atoms with Crippen LogP contribution in [-0.4, -0.2) is 46.2 Å². The lowest BCUT2D eigenvalue weighted by Gasteiger charge is -2.37. The number of nitrogens with zero attached hydrogens (tertiary/aromatic N) is 1. The zero-order chi connectivity index (χ0) is 23.6. The van der Waals surface area contributed by atoms with Crippen molar-refractivity contribution in [2.75, 3.05) is 12.5 Å². The summed E-state index contributed by atoms with van der Waals surface area (Å²) < 4.78 is 48.1. The van der Waals surface area contributed by atoms with Crippen LogP contribution in [0.4, 0.5) is 0 Å². The molecule has 0 aliphatic rings. The molecule has 0 aliphatic carbocycles. The summed E-state index contributed by atoms with van der Waals surface area (Å²) in [7, 11) is -6.88. The summed E-state index contributed by atoms with van der Waals surface area (Å²) in [6.07, 6.45) is 2.24. The molecule has 0 amide bonds. The van der Waals surface area contributed by atoms with Gasteiger partial charge >= 0.3 is 0 Å². The average Bonchev–Trinajstić information content (AvgIpc) is 2.66. The van der Waals surface area contributed by atoms with Gasteiger partial charge < -0.3 is 10.6 Å². The van der Waals surface area contributed by atoms with Gasteiger partial charge in [0.15, 0.2) is 31.6 Å². The third-order valence-corrected chi connectivity index (χ3v) is 7.20. The predicted octanol–water partition coefficient (Wildman–Crippen LogP) is 2.04. The molecule has 0 fully saturated rings. The van der Waals surface area contributed by atoms with E-state index in [1.807, 2.05) is 0 Å². The fraction of sp³-hybridized carbons (Fsp3) is 0.300. The van der Waals surface area contributed by atoms with Gasteiger partial charge in [0, 0.05) is 12.5 Å². The van der Waals surface area contributed by atoms with E-state index in [1.165, 1.54) is 18.2 Å². The Balaban J connectivity index is 2.56. The molecular formula is C20H27N5O4S2. The third kappa shape index (κ3) is 5.82. The fourth-order valence-corrected chi connectivity index (χ4v) is 5.01. The third-order valence-electron chi connectivity index (χ3n) is 4.91.